The SMILES string of the molecule is O=C(O)c1ccc(Nc2nc(Cl)nc(Nc3ccc(C(=O)O)c(O)c3)n2)cc1O. The van der Waals surface area contributed by atoms with Gasteiger partial charge in [-0.1, -0.05) is 0 Å². The molecule has 6 N–H and O–H groups in total. The van der Waals surface area contributed by atoms with Crippen LogP contribution in [0.5, 0.6) is 11.5 Å². The molecule has 1 heterocycles. The summed E-state index contributed by atoms with van der Waals surface area (Å²) in [7, 11) is 0. The van der Waals surface area contributed by atoms with Gasteiger partial charge in [-0.3, -0.25) is 0 Å². The molecule has 0 aliphatic rings. The van der Waals surface area contributed by atoms with Crippen LogP contribution in [-0.4, -0.2) is 47.3 Å². The predicted octanol–water partition coefficient (Wildman–Crippen LogP) is 2.82. The number of aromatic nitrogens is 3. The highest BCUT2D eigenvalue weighted by Crippen LogP contribution is 2.26. The molecule has 0 saturated carbocycles. The molecule has 0 spiro atoms. The minimum Gasteiger partial charge on any atom is -0.507 e. The summed E-state index contributed by atoms with van der Waals surface area (Å²) in [6, 6.07) is 7.56. The van der Waals surface area contributed by atoms with Crippen LogP contribution < -0.4 is 10.6 Å². The average molecular weight is 418 g/mol. The average Bonchev–Trinajstić information content (AvgIpc) is 2.60. The zero-order valence-corrected chi connectivity index (χ0v) is 15.0. The molecule has 2 aromatic carbocycles. The Balaban J connectivity index is 1.83. The molecule has 0 aliphatic carbocycles. The number of aromatic carboxylic acids is 2. The number of carboxylic acid groups (broad SMARTS) is 2. The van der Waals surface area contributed by atoms with Gasteiger partial charge in [-0.15, -0.1) is 0 Å². The van der Waals surface area contributed by atoms with Crippen molar-refractivity contribution in [3.8, 4) is 11.5 Å². The molecule has 29 heavy (non-hydrogen) atoms. The minimum atomic E-state index is -1.28. The Kier molecular flexibility index (Phi) is 5.32. The Labute approximate surface area is 167 Å². The van der Waals surface area contributed by atoms with Crippen molar-refractivity contribution in [2.75, 3.05) is 10.6 Å². The van der Waals surface area contributed by atoms with Gasteiger partial charge in [0.2, 0.25) is 17.2 Å². The molecule has 0 atom stereocenters. The van der Waals surface area contributed by atoms with E-state index in [0.29, 0.717) is 11.4 Å². The van der Waals surface area contributed by atoms with Gasteiger partial charge >= 0.3 is 11.9 Å². The molecule has 0 unspecified atom stereocenters. The fourth-order valence-electron chi connectivity index (χ4n) is 2.30. The van der Waals surface area contributed by atoms with E-state index in [1.165, 1.54) is 36.4 Å². The van der Waals surface area contributed by atoms with Crippen LogP contribution in [0.2, 0.25) is 5.28 Å². The molecule has 0 aliphatic heterocycles. The summed E-state index contributed by atoms with van der Waals surface area (Å²) in [6.07, 6.45) is 0. The van der Waals surface area contributed by atoms with Crippen LogP contribution in [0.15, 0.2) is 36.4 Å². The molecule has 1 aromatic heterocycles. The number of halogens is 1. The van der Waals surface area contributed by atoms with E-state index in [1.807, 2.05) is 0 Å². The summed E-state index contributed by atoms with van der Waals surface area (Å²) in [5.41, 5.74) is 0.0562. The Morgan fingerprint density at radius 3 is 1.52 bits per heavy atom. The quantitative estimate of drug-likeness (QED) is 0.347. The third kappa shape index (κ3) is 4.59. The maximum Gasteiger partial charge on any atom is 0.339 e. The second-order valence-corrected chi connectivity index (χ2v) is 5.91. The molecule has 3 rings (SSSR count). The lowest BCUT2D eigenvalue weighted by molar-refractivity contribution is 0.0682. The maximum atomic E-state index is 10.9. The topological polar surface area (TPSA) is 178 Å². The highest BCUT2D eigenvalue weighted by Gasteiger charge is 2.13. The van der Waals surface area contributed by atoms with Crippen molar-refractivity contribution >= 4 is 46.8 Å². The third-order valence-electron chi connectivity index (χ3n) is 3.58. The van der Waals surface area contributed by atoms with Gasteiger partial charge in [-0.2, -0.15) is 15.0 Å². The second kappa shape index (κ2) is 7.86. The molecule has 0 bridgehead atoms. The number of benzene rings is 2. The van der Waals surface area contributed by atoms with E-state index < -0.39 is 23.4 Å². The predicted molar refractivity (Wildman–Crippen MR) is 102 cm³/mol. The molecule has 3 aromatic rings. The lowest BCUT2D eigenvalue weighted by Gasteiger charge is -2.10. The van der Waals surface area contributed by atoms with Crippen LogP contribution >= 0.6 is 11.6 Å². The van der Waals surface area contributed by atoms with E-state index in [1.54, 1.807) is 0 Å². The van der Waals surface area contributed by atoms with E-state index >= 15 is 0 Å². The number of carboxylic acids is 2. The molecule has 0 fully saturated rings. The largest absolute Gasteiger partial charge is 0.507 e. The Hall–Kier alpha value is -4.12. The number of aromatic hydroxyl groups is 2. The summed E-state index contributed by atoms with van der Waals surface area (Å²) >= 11 is 5.88. The monoisotopic (exact) mass is 417 g/mol. The number of anilines is 4. The number of carbonyl (C=O) groups is 2. The van der Waals surface area contributed by atoms with Gasteiger partial charge in [-0.25, -0.2) is 9.59 Å². The van der Waals surface area contributed by atoms with Gasteiger partial charge in [0.25, 0.3) is 0 Å². The van der Waals surface area contributed by atoms with Crippen LogP contribution in [-0.2, 0) is 0 Å². The number of nitrogens with one attached hydrogen (secondary N) is 2. The second-order valence-electron chi connectivity index (χ2n) is 5.58. The Morgan fingerprint density at radius 2 is 1.17 bits per heavy atom. The molecular formula is C17H12ClN5O6. The number of hydrogen-bond donors (Lipinski definition) is 6. The molecule has 11 nitrogen and oxygen atoms in total. The first-order valence-electron chi connectivity index (χ1n) is 7.81. The smallest absolute Gasteiger partial charge is 0.339 e. The van der Waals surface area contributed by atoms with Gasteiger partial charge in [0.05, 0.1) is 0 Å². The molecule has 0 amide bonds. The van der Waals surface area contributed by atoms with Crippen molar-refractivity contribution in [1.82, 2.24) is 15.0 Å². The maximum absolute atomic E-state index is 10.9. The standard InChI is InChI=1S/C17H12ClN5O6/c18-15-21-16(19-7-1-3-9(13(26)27)11(24)5-7)23-17(22-15)20-8-2-4-10(14(28)29)12(25)6-8/h1-6,24-25H,(H,26,27)(H,28,29)(H2,19,20,21,22,23). The van der Waals surface area contributed by atoms with Gasteiger partial charge in [0.15, 0.2) is 0 Å². The normalized spacial score (nSPS) is 10.4. The minimum absolute atomic E-state index is 0.0126. The third-order valence-corrected chi connectivity index (χ3v) is 3.75. The summed E-state index contributed by atoms with van der Waals surface area (Å²) in [5, 5.41) is 42.7. The molecule has 12 heteroatoms. The van der Waals surface area contributed by atoms with E-state index in [-0.39, 0.29) is 28.3 Å². The van der Waals surface area contributed by atoms with Crippen molar-refractivity contribution in [2.24, 2.45) is 0 Å². The van der Waals surface area contributed by atoms with Crippen molar-refractivity contribution in [3.05, 3.63) is 52.8 Å². The lowest BCUT2D eigenvalue weighted by atomic mass is 10.2. The molecule has 148 valence electrons. The fourth-order valence-corrected chi connectivity index (χ4v) is 2.46. The van der Waals surface area contributed by atoms with E-state index in [0.717, 1.165) is 0 Å². The highest BCUT2D eigenvalue weighted by molar-refractivity contribution is 6.28. The summed E-state index contributed by atoms with van der Waals surface area (Å²) in [4.78, 5) is 33.7. The summed E-state index contributed by atoms with van der Waals surface area (Å²) < 4.78 is 0. The van der Waals surface area contributed by atoms with Crippen molar-refractivity contribution in [2.45, 2.75) is 0 Å². The van der Waals surface area contributed by atoms with E-state index in [4.69, 9.17) is 21.8 Å². The first kappa shape index (κ1) is 19.6. The molecule has 0 saturated heterocycles. The lowest BCUT2D eigenvalue weighted by Crippen LogP contribution is -2.05. The first-order chi connectivity index (χ1) is 13.7. The summed E-state index contributed by atoms with van der Waals surface area (Å²) in [6.45, 7) is 0. The number of hydrogen-bond acceptors (Lipinski definition) is 9. The van der Waals surface area contributed by atoms with Gasteiger partial charge < -0.3 is 31.1 Å². The van der Waals surface area contributed by atoms with Crippen LogP contribution in [0.25, 0.3) is 0 Å². The number of phenols is 2. The highest BCUT2D eigenvalue weighted by atomic mass is 35.5. The zero-order chi connectivity index (χ0) is 21.1. The van der Waals surface area contributed by atoms with E-state index in [2.05, 4.69) is 25.6 Å². The van der Waals surface area contributed by atoms with Crippen LogP contribution in [0.1, 0.15) is 20.7 Å². The zero-order valence-electron chi connectivity index (χ0n) is 14.3. The number of nitrogens with zero attached hydrogens (tertiary/aromatic N) is 3. The number of rotatable bonds is 6. The van der Waals surface area contributed by atoms with Gasteiger partial charge in [0.1, 0.15) is 22.6 Å². The molecule has 0 radical (unpaired) electrons. The van der Waals surface area contributed by atoms with Gasteiger partial charge in [0, 0.05) is 23.5 Å². The summed E-state index contributed by atoms with van der Waals surface area (Å²) in [5.74, 6) is -3.48. The van der Waals surface area contributed by atoms with Gasteiger partial charge in [-0.05, 0) is 35.9 Å². The van der Waals surface area contributed by atoms with Crippen LogP contribution in [0.4, 0.5) is 23.3 Å². The van der Waals surface area contributed by atoms with Crippen LogP contribution in [0, 0.1) is 0 Å². The van der Waals surface area contributed by atoms with Crippen LogP contribution in [0.3, 0.4) is 0 Å². The van der Waals surface area contributed by atoms with Crippen molar-refractivity contribution in [1.29, 1.82) is 0 Å². The van der Waals surface area contributed by atoms with Crippen molar-refractivity contribution in [3.63, 3.8) is 0 Å². The molecular weight excluding hydrogens is 406 g/mol. The first-order valence-corrected chi connectivity index (χ1v) is 8.19. The Bertz CT molecular complexity index is 1040. The van der Waals surface area contributed by atoms with Crippen molar-refractivity contribution < 1.29 is 30.0 Å². The van der Waals surface area contributed by atoms with E-state index in [9.17, 15) is 19.8 Å². The Morgan fingerprint density at radius 1 is 0.759 bits per heavy atom. The fraction of sp³-hybridized carbons (Fsp3) is 0.